The Morgan fingerprint density at radius 3 is 2.65 bits per heavy atom. The molecule has 6 heteroatoms. The molecule has 17 heavy (non-hydrogen) atoms. The van der Waals surface area contributed by atoms with Crippen LogP contribution >= 0.6 is 27.5 Å². The molecule has 0 fully saturated rings. The standard InChI is InChI=1S/C11H6BrClF2N2/c12-6-3-9(15)11(16-5-6)17-10-4-7(13)1-2-8(10)14/h1-5H,(H,16,17). The van der Waals surface area contributed by atoms with E-state index in [9.17, 15) is 8.78 Å². The first-order valence-electron chi connectivity index (χ1n) is 4.59. The van der Waals surface area contributed by atoms with Gasteiger partial charge in [-0.1, -0.05) is 11.6 Å². The maximum Gasteiger partial charge on any atom is 0.166 e. The van der Waals surface area contributed by atoms with Gasteiger partial charge >= 0.3 is 0 Å². The zero-order valence-electron chi connectivity index (χ0n) is 8.35. The summed E-state index contributed by atoms with van der Waals surface area (Å²) in [4.78, 5) is 3.80. The summed E-state index contributed by atoms with van der Waals surface area (Å²) in [5.74, 6) is -1.17. The second kappa shape index (κ2) is 4.98. The number of nitrogens with one attached hydrogen (secondary N) is 1. The van der Waals surface area contributed by atoms with Gasteiger partial charge in [0, 0.05) is 15.7 Å². The van der Waals surface area contributed by atoms with E-state index in [0.717, 1.165) is 0 Å². The van der Waals surface area contributed by atoms with E-state index in [-0.39, 0.29) is 11.5 Å². The fourth-order valence-electron chi connectivity index (χ4n) is 1.23. The largest absolute Gasteiger partial charge is 0.335 e. The number of benzene rings is 1. The molecular weight excluding hydrogens is 313 g/mol. The SMILES string of the molecule is Fc1ccc(Cl)cc1Nc1ncc(Br)cc1F. The van der Waals surface area contributed by atoms with E-state index in [2.05, 4.69) is 26.2 Å². The minimum Gasteiger partial charge on any atom is -0.335 e. The lowest BCUT2D eigenvalue weighted by Gasteiger charge is -2.08. The van der Waals surface area contributed by atoms with Crippen LogP contribution in [0.5, 0.6) is 0 Å². The molecule has 0 unspecified atom stereocenters. The molecule has 2 aromatic rings. The highest BCUT2D eigenvalue weighted by Gasteiger charge is 2.08. The van der Waals surface area contributed by atoms with Crippen LogP contribution in [0.25, 0.3) is 0 Å². The predicted molar refractivity (Wildman–Crippen MR) is 66.6 cm³/mol. The monoisotopic (exact) mass is 318 g/mol. The van der Waals surface area contributed by atoms with Gasteiger partial charge in [-0.05, 0) is 40.2 Å². The third kappa shape index (κ3) is 2.92. The minimum absolute atomic E-state index is 0.0608. The van der Waals surface area contributed by atoms with Gasteiger partial charge in [-0.2, -0.15) is 0 Å². The molecule has 1 N–H and O–H groups in total. The third-order valence-electron chi connectivity index (χ3n) is 1.99. The quantitative estimate of drug-likeness (QED) is 0.880. The average Bonchev–Trinajstić information content (AvgIpc) is 2.27. The second-order valence-corrected chi connectivity index (χ2v) is 4.59. The van der Waals surface area contributed by atoms with Crippen molar-refractivity contribution < 1.29 is 8.78 Å². The smallest absolute Gasteiger partial charge is 0.166 e. The molecule has 1 aromatic carbocycles. The molecule has 2 nitrogen and oxygen atoms in total. The molecule has 0 aliphatic rings. The summed E-state index contributed by atoms with van der Waals surface area (Å²) in [6, 6.07) is 5.20. The van der Waals surface area contributed by atoms with Crippen LogP contribution < -0.4 is 5.32 Å². The number of anilines is 2. The second-order valence-electron chi connectivity index (χ2n) is 3.23. The molecule has 1 heterocycles. The van der Waals surface area contributed by atoms with Crippen LogP contribution in [0.2, 0.25) is 5.02 Å². The molecule has 0 aliphatic carbocycles. The van der Waals surface area contributed by atoms with Crippen molar-refractivity contribution in [2.45, 2.75) is 0 Å². The summed E-state index contributed by atoms with van der Waals surface area (Å²) in [7, 11) is 0. The summed E-state index contributed by atoms with van der Waals surface area (Å²) >= 11 is 8.80. The van der Waals surface area contributed by atoms with Crippen molar-refractivity contribution in [1.82, 2.24) is 4.98 Å². The van der Waals surface area contributed by atoms with Crippen LogP contribution in [0, 0.1) is 11.6 Å². The van der Waals surface area contributed by atoms with Gasteiger partial charge in [0.2, 0.25) is 0 Å². The maximum absolute atomic E-state index is 13.5. The van der Waals surface area contributed by atoms with Gasteiger partial charge in [0.15, 0.2) is 11.6 Å². The zero-order chi connectivity index (χ0) is 12.4. The number of hydrogen-bond acceptors (Lipinski definition) is 2. The first kappa shape index (κ1) is 12.3. The highest BCUT2D eigenvalue weighted by molar-refractivity contribution is 9.10. The lowest BCUT2D eigenvalue weighted by Crippen LogP contribution is -1.99. The molecule has 0 amide bonds. The molecule has 0 atom stereocenters. The van der Waals surface area contributed by atoms with Gasteiger partial charge in [-0.25, -0.2) is 13.8 Å². The van der Waals surface area contributed by atoms with E-state index in [0.29, 0.717) is 9.50 Å². The Hall–Kier alpha value is -1.20. The maximum atomic E-state index is 13.5. The molecule has 0 bridgehead atoms. The van der Waals surface area contributed by atoms with Gasteiger partial charge in [0.25, 0.3) is 0 Å². The van der Waals surface area contributed by atoms with Crippen LogP contribution in [0.4, 0.5) is 20.3 Å². The highest BCUT2D eigenvalue weighted by Crippen LogP contribution is 2.24. The van der Waals surface area contributed by atoms with Crippen LogP contribution in [0.15, 0.2) is 34.9 Å². The van der Waals surface area contributed by atoms with Crippen LogP contribution in [0.3, 0.4) is 0 Å². The van der Waals surface area contributed by atoms with E-state index in [4.69, 9.17) is 11.6 Å². The number of pyridine rings is 1. The minimum atomic E-state index is -0.584. The van der Waals surface area contributed by atoms with E-state index in [1.165, 1.54) is 30.5 Å². The summed E-state index contributed by atoms with van der Waals surface area (Å²) < 4.78 is 27.4. The highest BCUT2D eigenvalue weighted by atomic mass is 79.9. The first-order chi connectivity index (χ1) is 8.06. The Bertz CT molecular complexity index is 563. The van der Waals surface area contributed by atoms with Crippen LogP contribution in [0.1, 0.15) is 0 Å². The number of nitrogens with zero attached hydrogens (tertiary/aromatic N) is 1. The molecule has 88 valence electrons. The van der Waals surface area contributed by atoms with Crippen molar-refractivity contribution >= 4 is 39.0 Å². The fourth-order valence-corrected chi connectivity index (χ4v) is 1.70. The number of halogens is 4. The molecular formula is C11H6BrClF2N2. The lowest BCUT2D eigenvalue weighted by atomic mass is 10.3. The molecule has 0 saturated carbocycles. The summed E-state index contributed by atoms with van der Waals surface area (Å²) in [6.45, 7) is 0. The Kier molecular flexibility index (Phi) is 3.59. The summed E-state index contributed by atoms with van der Waals surface area (Å²) in [6.07, 6.45) is 1.41. The first-order valence-corrected chi connectivity index (χ1v) is 5.76. The molecule has 0 saturated heterocycles. The van der Waals surface area contributed by atoms with Gasteiger partial charge < -0.3 is 5.32 Å². The number of rotatable bonds is 2. The van der Waals surface area contributed by atoms with Crippen LogP contribution in [-0.2, 0) is 0 Å². The normalized spacial score (nSPS) is 10.4. The number of hydrogen-bond donors (Lipinski definition) is 1. The van der Waals surface area contributed by atoms with E-state index in [1.54, 1.807) is 0 Å². The Morgan fingerprint density at radius 2 is 1.94 bits per heavy atom. The van der Waals surface area contributed by atoms with Gasteiger partial charge in [-0.3, -0.25) is 0 Å². The van der Waals surface area contributed by atoms with E-state index >= 15 is 0 Å². The van der Waals surface area contributed by atoms with E-state index < -0.39 is 11.6 Å². The van der Waals surface area contributed by atoms with Gasteiger partial charge in [0.05, 0.1) is 5.69 Å². The Balaban J connectivity index is 2.34. The molecule has 2 rings (SSSR count). The van der Waals surface area contributed by atoms with Crippen molar-refractivity contribution in [3.05, 3.63) is 51.6 Å². The predicted octanol–water partition coefficient (Wildman–Crippen LogP) is 4.52. The molecule has 0 spiro atoms. The van der Waals surface area contributed by atoms with E-state index in [1.807, 2.05) is 0 Å². The summed E-state index contributed by atoms with van der Waals surface area (Å²) in [5.41, 5.74) is 0.0752. The van der Waals surface area contributed by atoms with Crippen molar-refractivity contribution in [2.24, 2.45) is 0 Å². The Morgan fingerprint density at radius 1 is 1.18 bits per heavy atom. The van der Waals surface area contributed by atoms with Gasteiger partial charge in [0.1, 0.15) is 5.82 Å². The van der Waals surface area contributed by atoms with Gasteiger partial charge in [-0.15, -0.1) is 0 Å². The van der Waals surface area contributed by atoms with Crippen molar-refractivity contribution in [3.8, 4) is 0 Å². The van der Waals surface area contributed by atoms with Crippen molar-refractivity contribution in [2.75, 3.05) is 5.32 Å². The average molecular weight is 320 g/mol. The number of aromatic nitrogens is 1. The van der Waals surface area contributed by atoms with Crippen molar-refractivity contribution in [1.29, 1.82) is 0 Å². The Labute approximate surface area is 110 Å². The topological polar surface area (TPSA) is 24.9 Å². The zero-order valence-corrected chi connectivity index (χ0v) is 10.7. The molecule has 1 aromatic heterocycles. The third-order valence-corrected chi connectivity index (χ3v) is 2.66. The molecule has 0 aliphatic heterocycles. The summed E-state index contributed by atoms with van der Waals surface area (Å²) in [5, 5.41) is 2.90. The lowest BCUT2D eigenvalue weighted by molar-refractivity contribution is 0.621. The van der Waals surface area contributed by atoms with Crippen LogP contribution in [-0.4, -0.2) is 4.98 Å². The molecule has 0 radical (unpaired) electrons. The van der Waals surface area contributed by atoms with Crippen molar-refractivity contribution in [3.63, 3.8) is 0 Å². The fraction of sp³-hybridized carbons (Fsp3) is 0.